The summed E-state index contributed by atoms with van der Waals surface area (Å²) in [5.74, 6) is 0.753. The van der Waals surface area contributed by atoms with Crippen LogP contribution in [0.5, 0.6) is 11.5 Å². The molecule has 0 amide bonds. The van der Waals surface area contributed by atoms with Crippen molar-refractivity contribution in [1.29, 1.82) is 0 Å². The SMILES string of the molecule is CCCNC(C)c1ccc(Oc2cccc(F)c2)cn1. The van der Waals surface area contributed by atoms with E-state index < -0.39 is 0 Å². The molecule has 0 aliphatic heterocycles. The number of ether oxygens (including phenoxy) is 1. The summed E-state index contributed by atoms with van der Waals surface area (Å²) in [4.78, 5) is 4.37. The van der Waals surface area contributed by atoms with E-state index in [2.05, 4.69) is 24.1 Å². The van der Waals surface area contributed by atoms with Crippen LogP contribution in [0.3, 0.4) is 0 Å². The molecule has 0 spiro atoms. The van der Waals surface area contributed by atoms with Crippen LogP contribution < -0.4 is 10.1 Å². The first kappa shape index (κ1) is 14.5. The van der Waals surface area contributed by atoms with Gasteiger partial charge >= 0.3 is 0 Å². The summed E-state index contributed by atoms with van der Waals surface area (Å²) in [6.07, 6.45) is 2.75. The van der Waals surface area contributed by atoms with Crippen molar-refractivity contribution < 1.29 is 9.13 Å². The molecular formula is C16H19FN2O. The Morgan fingerprint density at radius 2 is 2.10 bits per heavy atom. The fraction of sp³-hybridized carbons (Fsp3) is 0.312. The lowest BCUT2D eigenvalue weighted by Gasteiger charge is -2.13. The van der Waals surface area contributed by atoms with Crippen molar-refractivity contribution in [3.8, 4) is 11.5 Å². The molecular weight excluding hydrogens is 255 g/mol. The van der Waals surface area contributed by atoms with Crippen LogP contribution in [0.25, 0.3) is 0 Å². The van der Waals surface area contributed by atoms with E-state index in [0.717, 1.165) is 18.7 Å². The maximum atomic E-state index is 13.1. The Bertz CT molecular complexity index is 542. The van der Waals surface area contributed by atoms with E-state index in [1.165, 1.54) is 12.1 Å². The number of benzene rings is 1. The second-order valence-corrected chi connectivity index (χ2v) is 4.65. The Morgan fingerprint density at radius 1 is 1.25 bits per heavy atom. The summed E-state index contributed by atoms with van der Waals surface area (Å²) in [6, 6.07) is 10.0. The summed E-state index contributed by atoms with van der Waals surface area (Å²) in [7, 11) is 0. The van der Waals surface area contributed by atoms with E-state index in [4.69, 9.17) is 4.74 Å². The molecule has 0 radical (unpaired) electrons. The molecule has 106 valence electrons. The van der Waals surface area contributed by atoms with Crippen LogP contribution in [-0.4, -0.2) is 11.5 Å². The molecule has 1 aromatic carbocycles. The van der Waals surface area contributed by atoms with E-state index in [-0.39, 0.29) is 11.9 Å². The van der Waals surface area contributed by atoms with Gasteiger partial charge in [0.2, 0.25) is 0 Å². The minimum absolute atomic E-state index is 0.207. The van der Waals surface area contributed by atoms with Crippen LogP contribution in [-0.2, 0) is 0 Å². The molecule has 1 heterocycles. The highest BCUT2D eigenvalue weighted by molar-refractivity contribution is 5.30. The highest BCUT2D eigenvalue weighted by Crippen LogP contribution is 2.22. The highest BCUT2D eigenvalue weighted by atomic mass is 19.1. The van der Waals surface area contributed by atoms with Crippen LogP contribution in [0.15, 0.2) is 42.6 Å². The highest BCUT2D eigenvalue weighted by Gasteiger charge is 2.06. The van der Waals surface area contributed by atoms with E-state index >= 15 is 0 Å². The number of aromatic nitrogens is 1. The van der Waals surface area contributed by atoms with E-state index in [1.54, 1.807) is 18.3 Å². The van der Waals surface area contributed by atoms with Crippen molar-refractivity contribution >= 4 is 0 Å². The van der Waals surface area contributed by atoms with Gasteiger partial charge in [0.25, 0.3) is 0 Å². The maximum Gasteiger partial charge on any atom is 0.145 e. The fourth-order valence-electron chi connectivity index (χ4n) is 1.84. The molecule has 1 atom stereocenters. The van der Waals surface area contributed by atoms with E-state index in [9.17, 15) is 4.39 Å². The predicted molar refractivity (Wildman–Crippen MR) is 77.4 cm³/mol. The van der Waals surface area contributed by atoms with E-state index in [1.807, 2.05) is 12.1 Å². The van der Waals surface area contributed by atoms with Gasteiger partial charge in [-0.15, -0.1) is 0 Å². The van der Waals surface area contributed by atoms with Crippen molar-refractivity contribution in [1.82, 2.24) is 10.3 Å². The molecule has 0 fully saturated rings. The van der Waals surface area contributed by atoms with Gasteiger partial charge in [-0.25, -0.2) is 4.39 Å². The van der Waals surface area contributed by atoms with Crippen LogP contribution in [0.4, 0.5) is 4.39 Å². The largest absolute Gasteiger partial charge is 0.456 e. The van der Waals surface area contributed by atoms with Gasteiger partial charge in [0.05, 0.1) is 11.9 Å². The molecule has 1 N–H and O–H groups in total. The molecule has 20 heavy (non-hydrogen) atoms. The standard InChI is InChI=1S/C16H19FN2O/c1-3-9-18-12(2)16-8-7-15(11-19-16)20-14-6-4-5-13(17)10-14/h4-8,10-12,18H,3,9H2,1-2H3. The van der Waals surface area contributed by atoms with Gasteiger partial charge in [0.15, 0.2) is 0 Å². The van der Waals surface area contributed by atoms with Crippen LogP contribution >= 0.6 is 0 Å². The van der Waals surface area contributed by atoms with Gasteiger partial charge in [0, 0.05) is 12.1 Å². The van der Waals surface area contributed by atoms with Crippen LogP contribution in [0.1, 0.15) is 32.0 Å². The Kier molecular flexibility index (Phi) is 5.07. The number of hydrogen-bond acceptors (Lipinski definition) is 3. The molecule has 0 bridgehead atoms. The summed E-state index contributed by atoms with van der Waals surface area (Å²) in [5, 5.41) is 3.37. The zero-order valence-corrected chi connectivity index (χ0v) is 11.8. The van der Waals surface area contributed by atoms with Crippen molar-refractivity contribution in [3.05, 3.63) is 54.1 Å². The molecule has 4 heteroatoms. The fourth-order valence-corrected chi connectivity index (χ4v) is 1.84. The average Bonchev–Trinajstić information content (AvgIpc) is 2.45. The third-order valence-electron chi connectivity index (χ3n) is 2.94. The van der Waals surface area contributed by atoms with Gasteiger partial charge in [0.1, 0.15) is 17.3 Å². The van der Waals surface area contributed by atoms with Gasteiger partial charge < -0.3 is 10.1 Å². The number of nitrogens with one attached hydrogen (secondary N) is 1. The van der Waals surface area contributed by atoms with Crippen molar-refractivity contribution in [2.24, 2.45) is 0 Å². The lowest BCUT2D eigenvalue weighted by atomic mass is 10.2. The van der Waals surface area contributed by atoms with Crippen molar-refractivity contribution in [2.45, 2.75) is 26.3 Å². The third-order valence-corrected chi connectivity index (χ3v) is 2.94. The lowest BCUT2D eigenvalue weighted by molar-refractivity contribution is 0.472. The normalized spacial score (nSPS) is 12.2. The molecule has 2 rings (SSSR count). The van der Waals surface area contributed by atoms with Gasteiger partial charge in [-0.2, -0.15) is 0 Å². The Morgan fingerprint density at radius 3 is 2.75 bits per heavy atom. The smallest absolute Gasteiger partial charge is 0.145 e. The second-order valence-electron chi connectivity index (χ2n) is 4.65. The monoisotopic (exact) mass is 274 g/mol. The second kappa shape index (κ2) is 7.01. The molecule has 1 aromatic heterocycles. The topological polar surface area (TPSA) is 34.1 Å². The van der Waals surface area contributed by atoms with Gasteiger partial charge in [-0.1, -0.05) is 13.0 Å². The molecule has 0 saturated carbocycles. The number of nitrogens with zero attached hydrogens (tertiary/aromatic N) is 1. The summed E-state index contributed by atoms with van der Waals surface area (Å²) in [6.45, 7) is 5.17. The molecule has 3 nitrogen and oxygen atoms in total. The van der Waals surface area contributed by atoms with Crippen molar-refractivity contribution in [2.75, 3.05) is 6.54 Å². The first-order valence-corrected chi connectivity index (χ1v) is 6.82. The molecule has 1 unspecified atom stereocenters. The minimum atomic E-state index is -0.315. The summed E-state index contributed by atoms with van der Waals surface area (Å²) >= 11 is 0. The van der Waals surface area contributed by atoms with Gasteiger partial charge in [-0.05, 0) is 44.2 Å². The van der Waals surface area contributed by atoms with Crippen molar-refractivity contribution in [3.63, 3.8) is 0 Å². The summed E-state index contributed by atoms with van der Waals surface area (Å²) in [5.41, 5.74) is 0.963. The molecule has 0 aliphatic rings. The zero-order chi connectivity index (χ0) is 14.4. The number of rotatable bonds is 6. The molecule has 0 saturated heterocycles. The Balaban J connectivity index is 2.01. The minimum Gasteiger partial charge on any atom is -0.456 e. The van der Waals surface area contributed by atoms with Crippen LogP contribution in [0, 0.1) is 5.82 Å². The quantitative estimate of drug-likeness (QED) is 0.862. The molecule has 0 aliphatic carbocycles. The van der Waals surface area contributed by atoms with Crippen LogP contribution in [0.2, 0.25) is 0 Å². The first-order valence-electron chi connectivity index (χ1n) is 6.82. The number of hydrogen-bond donors (Lipinski definition) is 1. The maximum absolute atomic E-state index is 13.1. The Labute approximate surface area is 118 Å². The third kappa shape index (κ3) is 4.03. The van der Waals surface area contributed by atoms with E-state index in [0.29, 0.717) is 11.5 Å². The zero-order valence-electron chi connectivity index (χ0n) is 11.8. The number of halogens is 1. The number of pyridine rings is 1. The predicted octanol–water partition coefficient (Wildman–Crippen LogP) is 4.07. The van der Waals surface area contributed by atoms with Gasteiger partial charge in [-0.3, -0.25) is 4.98 Å². The molecule has 2 aromatic rings. The average molecular weight is 274 g/mol. The first-order chi connectivity index (χ1) is 9.69. The lowest BCUT2D eigenvalue weighted by Crippen LogP contribution is -2.20. The Hall–Kier alpha value is -1.94. The summed E-state index contributed by atoms with van der Waals surface area (Å²) < 4.78 is 18.6.